The van der Waals surface area contributed by atoms with Crippen molar-refractivity contribution >= 4 is 33.3 Å². The summed E-state index contributed by atoms with van der Waals surface area (Å²) in [5.41, 5.74) is 0.935. The van der Waals surface area contributed by atoms with Crippen LogP contribution in [0, 0.1) is 0 Å². The summed E-state index contributed by atoms with van der Waals surface area (Å²) in [7, 11) is 0.447. The zero-order valence-corrected chi connectivity index (χ0v) is 12.4. The average molecular weight is 302 g/mol. The van der Waals surface area contributed by atoms with Crippen LogP contribution in [0.25, 0.3) is 10.9 Å². The molecule has 6 nitrogen and oxygen atoms in total. The minimum Gasteiger partial charge on any atom is -0.493 e. The first-order chi connectivity index (χ1) is 10.2. The number of aromatic nitrogens is 3. The fourth-order valence-corrected chi connectivity index (χ4v) is 2.48. The molecule has 0 amide bonds. The number of nitrogens with one attached hydrogen (secondary N) is 2. The number of nitrogens with zero attached hydrogens (tertiary/aromatic N) is 2. The van der Waals surface area contributed by atoms with Crippen molar-refractivity contribution < 1.29 is 8.95 Å². The number of fused-ring (bicyclic) bond motifs is 1. The van der Waals surface area contributed by atoms with E-state index in [4.69, 9.17) is 4.74 Å². The summed E-state index contributed by atoms with van der Waals surface area (Å²) in [5.74, 6) is 1.72. The Morgan fingerprint density at radius 2 is 2.10 bits per heavy atom. The molecule has 0 radical (unpaired) electrons. The van der Waals surface area contributed by atoms with Crippen LogP contribution in [-0.2, 0) is 10.8 Å². The van der Waals surface area contributed by atoms with Crippen LogP contribution >= 0.6 is 0 Å². The van der Waals surface area contributed by atoms with Gasteiger partial charge in [0.2, 0.25) is 0 Å². The topological polar surface area (TPSA) is 79.9 Å². The molecule has 1 atom stereocenters. The highest BCUT2D eigenvalue weighted by molar-refractivity contribution is 7.84. The predicted molar refractivity (Wildman–Crippen MR) is 82.5 cm³/mol. The van der Waals surface area contributed by atoms with Gasteiger partial charge in [0.05, 0.1) is 28.3 Å². The third-order valence-electron chi connectivity index (χ3n) is 3.09. The summed E-state index contributed by atoms with van der Waals surface area (Å²) in [6.07, 6.45) is 3.17. The molecule has 0 fully saturated rings. The summed E-state index contributed by atoms with van der Waals surface area (Å²) in [6.45, 7) is 0. The van der Waals surface area contributed by atoms with Crippen LogP contribution in [0.4, 0.5) is 11.6 Å². The lowest BCUT2D eigenvalue weighted by Crippen LogP contribution is -2.00. The Bertz CT molecular complexity index is 816. The number of rotatable bonds is 4. The van der Waals surface area contributed by atoms with Gasteiger partial charge in [-0.15, -0.1) is 0 Å². The summed E-state index contributed by atoms with van der Waals surface area (Å²) >= 11 is 0. The quantitative estimate of drug-likeness (QED) is 0.774. The van der Waals surface area contributed by atoms with E-state index in [2.05, 4.69) is 20.5 Å². The summed E-state index contributed by atoms with van der Waals surface area (Å²) in [6, 6.07) is 9.50. The van der Waals surface area contributed by atoms with E-state index in [1.807, 2.05) is 24.3 Å². The number of pyridine rings is 1. The standard InChI is InChI=1S/C14H14N4O2S/c1-20-12-7-9(21(2)19)8-15-14(12)16-13-10-5-3-4-6-11(10)17-18-13/h3-8H,1-2H3,(H2,15,16,17,18). The SMILES string of the molecule is COc1cc(S(C)=O)cnc1Nc1n[nH]c2ccccc12. The number of H-pyrrole nitrogens is 1. The van der Waals surface area contributed by atoms with Gasteiger partial charge in [0.1, 0.15) is 0 Å². The lowest BCUT2D eigenvalue weighted by molar-refractivity contribution is 0.414. The Morgan fingerprint density at radius 1 is 1.29 bits per heavy atom. The number of hydrogen-bond donors (Lipinski definition) is 2. The Labute approximate surface area is 124 Å². The Balaban J connectivity index is 1.99. The highest BCUT2D eigenvalue weighted by Crippen LogP contribution is 2.29. The van der Waals surface area contributed by atoms with E-state index < -0.39 is 10.8 Å². The molecule has 2 N–H and O–H groups in total. The van der Waals surface area contributed by atoms with Crippen molar-refractivity contribution in [1.82, 2.24) is 15.2 Å². The average Bonchev–Trinajstić information content (AvgIpc) is 2.91. The maximum Gasteiger partial charge on any atom is 0.174 e. The van der Waals surface area contributed by atoms with Crippen LogP contribution in [0.1, 0.15) is 0 Å². The normalized spacial score (nSPS) is 12.3. The van der Waals surface area contributed by atoms with Gasteiger partial charge in [0.15, 0.2) is 17.4 Å². The molecule has 0 saturated carbocycles. The second-order valence-corrected chi connectivity index (χ2v) is 5.80. The van der Waals surface area contributed by atoms with Gasteiger partial charge in [-0.25, -0.2) is 4.98 Å². The van der Waals surface area contributed by atoms with E-state index in [-0.39, 0.29) is 0 Å². The number of aromatic amines is 1. The fourth-order valence-electron chi connectivity index (χ4n) is 2.00. The molecule has 3 rings (SSSR count). The van der Waals surface area contributed by atoms with E-state index in [1.165, 1.54) is 0 Å². The molecule has 7 heteroatoms. The Hall–Kier alpha value is -2.41. The van der Waals surface area contributed by atoms with Gasteiger partial charge in [0, 0.05) is 23.9 Å². The molecule has 0 aliphatic carbocycles. The number of anilines is 2. The highest BCUT2D eigenvalue weighted by Gasteiger charge is 2.11. The highest BCUT2D eigenvalue weighted by atomic mass is 32.2. The summed E-state index contributed by atoms with van der Waals surface area (Å²) < 4.78 is 16.8. The molecular formula is C14H14N4O2S. The van der Waals surface area contributed by atoms with Crippen molar-refractivity contribution in [2.45, 2.75) is 4.90 Å². The van der Waals surface area contributed by atoms with E-state index in [0.29, 0.717) is 22.3 Å². The summed E-state index contributed by atoms with van der Waals surface area (Å²) in [5, 5.41) is 11.3. The fraction of sp³-hybridized carbons (Fsp3) is 0.143. The first kappa shape index (κ1) is 13.6. The lowest BCUT2D eigenvalue weighted by atomic mass is 10.2. The lowest BCUT2D eigenvalue weighted by Gasteiger charge is -2.09. The molecule has 0 aliphatic rings. The molecule has 2 aromatic heterocycles. The van der Waals surface area contributed by atoms with Crippen molar-refractivity contribution in [2.75, 3.05) is 18.7 Å². The van der Waals surface area contributed by atoms with E-state index in [9.17, 15) is 4.21 Å². The second kappa shape index (κ2) is 5.53. The Morgan fingerprint density at radius 3 is 2.86 bits per heavy atom. The molecule has 2 heterocycles. The molecule has 1 aromatic carbocycles. The minimum absolute atomic E-state index is 0.523. The zero-order valence-electron chi connectivity index (χ0n) is 11.6. The number of methoxy groups -OCH3 is 1. The molecule has 0 saturated heterocycles. The van der Waals surface area contributed by atoms with Gasteiger partial charge in [-0.05, 0) is 12.1 Å². The minimum atomic E-state index is -1.10. The Kier molecular flexibility index (Phi) is 3.57. The molecule has 0 spiro atoms. The van der Waals surface area contributed by atoms with Crippen LogP contribution in [0.5, 0.6) is 5.75 Å². The van der Waals surface area contributed by atoms with E-state index in [0.717, 1.165) is 10.9 Å². The molecule has 1 unspecified atom stereocenters. The van der Waals surface area contributed by atoms with Gasteiger partial charge in [-0.1, -0.05) is 12.1 Å². The molecule has 108 valence electrons. The van der Waals surface area contributed by atoms with E-state index >= 15 is 0 Å². The summed E-state index contributed by atoms with van der Waals surface area (Å²) in [4.78, 5) is 4.88. The van der Waals surface area contributed by atoms with Crippen LogP contribution in [0.2, 0.25) is 0 Å². The van der Waals surface area contributed by atoms with Crippen molar-refractivity contribution in [3.63, 3.8) is 0 Å². The molecule has 0 bridgehead atoms. The molecule has 0 aliphatic heterocycles. The predicted octanol–water partition coefficient (Wildman–Crippen LogP) is 2.45. The van der Waals surface area contributed by atoms with Crippen LogP contribution < -0.4 is 10.1 Å². The first-order valence-corrected chi connectivity index (χ1v) is 7.82. The van der Waals surface area contributed by atoms with Crippen molar-refractivity contribution in [3.8, 4) is 5.75 Å². The van der Waals surface area contributed by atoms with Crippen LogP contribution in [0.15, 0.2) is 41.4 Å². The monoisotopic (exact) mass is 302 g/mol. The maximum atomic E-state index is 11.5. The van der Waals surface area contributed by atoms with Crippen LogP contribution in [-0.4, -0.2) is 32.8 Å². The van der Waals surface area contributed by atoms with Gasteiger partial charge < -0.3 is 10.1 Å². The molecular weight excluding hydrogens is 288 g/mol. The largest absolute Gasteiger partial charge is 0.493 e. The van der Waals surface area contributed by atoms with Gasteiger partial charge in [0.25, 0.3) is 0 Å². The molecule has 3 aromatic rings. The van der Waals surface area contributed by atoms with Gasteiger partial charge >= 0.3 is 0 Å². The number of ether oxygens (including phenoxy) is 1. The van der Waals surface area contributed by atoms with Crippen molar-refractivity contribution in [3.05, 3.63) is 36.5 Å². The maximum absolute atomic E-state index is 11.5. The number of benzene rings is 1. The third-order valence-corrected chi connectivity index (χ3v) is 3.97. The number of hydrogen-bond acceptors (Lipinski definition) is 5. The van der Waals surface area contributed by atoms with E-state index in [1.54, 1.807) is 25.6 Å². The zero-order chi connectivity index (χ0) is 14.8. The molecule has 21 heavy (non-hydrogen) atoms. The second-order valence-electron chi connectivity index (χ2n) is 4.42. The van der Waals surface area contributed by atoms with Gasteiger partial charge in [-0.2, -0.15) is 5.10 Å². The van der Waals surface area contributed by atoms with Gasteiger partial charge in [-0.3, -0.25) is 9.31 Å². The third kappa shape index (κ3) is 2.59. The van der Waals surface area contributed by atoms with Crippen molar-refractivity contribution in [1.29, 1.82) is 0 Å². The smallest absolute Gasteiger partial charge is 0.174 e. The number of para-hydroxylation sites is 1. The van der Waals surface area contributed by atoms with Crippen LogP contribution in [0.3, 0.4) is 0 Å². The van der Waals surface area contributed by atoms with Crippen molar-refractivity contribution in [2.24, 2.45) is 0 Å². The first-order valence-electron chi connectivity index (χ1n) is 6.26.